The molecule has 7 aliphatic heterocycles. The molecule has 3 aromatic carbocycles. The van der Waals surface area contributed by atoms with Gasteiger partial charge >= 0.3 is 18.3 Å². The lowest BCUT2D eigenvalue weighted by molar-refractivity contribution is -0.157. The van der Waals surface area contributed by atoms with Crippen molar-refractivity contribution >= 4 is 30.0 Å². The number of ether oxygens (including phenoxy) is 9. The minimum Gasteiger partial charge on any atom is -0.493 e. The predicted molar refractivity (Wildman–Crippen MR) is 242 cm³/mol. The summed E-state index contributed by atoms with van der Waals surface area (Å²) in [6, 6.07) is 5.69. The zero-order chi connectivity index (χ0) is 47.4. The molecule has 10 rings (SSSR count). The first kappa shape index (κ1) is 45.7. The van der Waals surface area contributed by atoms with Gasteiger partial charge in [-0.25, -0.2) is 14.4 Å². The molecule has 66 heavy (non-hydrogen) atoms. The zero-order valence-corrected chi connectivity index (χ0v) is 40.4. The molecule has 0 amide bonds. The largest absolute Gasteiger partial charge is 0.514 e. The van der Waals surface area contributed by atoms with Crippen LogP contribution < -0.4 is 33.7 Å². The van der Waals surface area contributed by atoms with Gasteiger partial charge in [-0.3, -0.25) is 15.1 Å². The second kappa shape index (κ2) is 16.4. The molecule has 7 aliphatic rings. The molecule has 2 fully saturated rings. The van der Waals surface area contributed by atoms with Gasteiger partial charge in [0, 0.05) is 40.8 Å². The summed E-state index contributed by atoms with van der Waals surface area (Å²) in [6.45, 7) is 17.0. The summed E-state index contributed by atoms with van der Waals surface area (Å²) in [6.07, 6.45) is -0.756. The second-order valence-electron chi connectivity index (χ2n) is 19.9. The maximum Gasteiger partial charge on any atom is 0.514 e. The van der Waals surface area contributed by atoms with E-state index in [-0.39, 0.29) is 42.4 Å². The third-order valence-corrected chi connectivity index (χ3v) is 15.2. The number of nitriles is 1. The smallest absolute Gasteiger partial charge is 0.493 e. The molecule has 16 nitrogen and oxygen atoms in total. The highest BCUT2D eigenvalue weighted by molar-refractivity contribution is 7.99. The number of aryl methyl sites for hydroxylation is 1. The molecule has 7 heterocycles. The Hall–Kier alpha value is -5.41. The van der Waals surface area contributed by atoms with Crippen LogP contribution in [0.15, 0.2) is 18.2 Å². The van der Waals surface area contributed by atoms with E-state index >= 15 is 4.79 Å². The van der Waals surface area contributed by atoms with Gasteiger partial charge in [0.15, 0.2) is 40.0 Å². The number of thioether (sulfide) groups is 1. The molecule has 7 atom stereocenters. The fourth-order valence-corrected chi connectivity index (χ4v) is 12.8. The van der Waals surface area contributed by atoms with E-state index in [1.54, 1.807) is 72.5 Å². The number of hydrogen-bond donors (Lipinski definition) is 1. The average Bonchev–Trinajstić information content (AvgIpc) is 3.73. The average molecular weight is 927 g/mol. The van der Waals surface area contributed by atoms with Gasteiger partial charge in [-0.05, 0) is 133 Å². The number of carbonyl (C=O) groups is 3. The molecule has 1 spiro atoms. The van der Waals surface area contributed by atoms with Crippen LogP contribution in [0, 0.1) is 32.1 Å². The van der Waals surface area contributed by atoms with E-state index in [0.29, 0.717) is 42.2 Å². The molecular formula is C49H58N4O12S. The summed E-state index contributed by atoms with van der Waals surface area (Å²) in [5.41, 5.74) is 4.69. The normalized spacial score (nSPS) is 26.4. The number of benzene rings is 3. The number of nitrogens with one attached hydrogen (secondary N) is 1. The zero-order valence-electron chi connectivity index (χ0n) is 39.6. The van der Waals surface area contributed by atoms with Crippen molar-refractivity contribution in [3.8, 4) is 40.6 Å². The summed E-state index contributed by atoms with van der Waals surface area (Å²) < 4.78 is 54.1. The molecule has 2 saturated heterocycles. The molecule has 4 bridgehead atoms. The Morgan fingerprint density at radius 1 is 0.864 bits per heavy atom. The third kappa shape index (κ3) is 7.35. The van der Waals surface area contributed by atoms with E-state index in [4.69, 9.17) is 42.6 Å². The summed E-state index contributed by atoms with van der Waals surface area (Å²) in [5, 5.41) is 14.5. The fourth-order valence-electron chi connectivity index (χ4n) is 11.0. The van der Waals surface area contributed by atoms with E-state index in [0.717, 1.165) is 44.5 Å². The van der Waals surface area contributed by atoms with Crippen LogP contribution in [0.4, 0.5) is 9.59 Å². The Morgan fingerprint density at radius 3 is 2.23 bits per heavy atom. The van der Waals surface area contributed by atoms with Crippen LogP contribution in [0.25, 0.3) is 0 Å². The highest BCUT2D eigenvalue weighted by Gasteiger charge is 2.61. The number of esters is 1. The Bertz CT molecular complexity index is 2580. The number of rotatable bonds is 4. The number of likely N-dealkylation sites (N-methyl/N-ethyl adjacent to an activating group) is 1. The Kier molecular flexibility index (Phi) is 11.4. The lowest BCUT2D eigenvalue weighted by Gasteiger charge is -2.62. The van der Waals surface area contributed by atoms with Crippen molar-refractivity contribution in [1.29, 1.82) is 5.26 Å². The molecule has 3 aromatic rings. The van der Waals surface area contributed by atoms with Crippen LogP contribution in [-0.4, -0.2) is 104 Å². The summed E-state index contributed by atoms with van der Waals surface area (Å²) in [4.78, 5) is 46.2. The number of carbonyl (C=O) groups excluding carboxylic acids is 3. The monoisotopic (exact) mass is 926 g/mol. The van der Waals surface area contributed by atoms with E-state index in [1.807, 2.05) is 20.9 Å². The number of fused-ring (bicyclic) bond motifs is 9. The Labute approximate surface area is 389 Å². The van der Waals surface area contributed by atoms with Crippen LogP contribution in [-0.2, 0) is 37.4 Å². The van der Waals surface area contributed by atoms with Crippen molar-refractivity contribution < 1.29 is 57.0 Å². The van der Waals surface area contributed by atoms with Crippen molar-refractivity contribution in [1.82, 2.24) is 15.1 Å². The van der Waals surface area contributed by atoms with E-state index in [9.17, 15) is 14.9 Å². The van der Waals surface area contributed by atoms with Gasteiger partial charge in [0.1, 0.15) is 23.9 Å². The van der Waals surface area contributed by atoms with Crippen LogP contribution in [0.2, 0.25) is 0 Å². The van der Waals surface area contributed by atoms with Crippen LogP contribution in [0.1, 0.15) is 109 Å². The lowest BCUT2D eigenvalue weighted by atomic mass is 9.71. The van der Waals surface area contributed by atoms with Gasteiger partial charge in [0.2, 0.25) is 6.79 Å². The number of piperazine rings is 1. The molecule has 1 unspecified atom stereocenters. The molecule has 0 aromatic heterocycles. The summed E-state index contributed by atoms with van der Waals surface area (Å²) >= 11 is 1.59. The van der Waals surface area contributed by atoms with Crippen LogP contribution >= 0.6 is 11.8 Å². The first-order valence-corrected chi connectivity index (χ1v) is 23.4. The van der Waals surface area contributed by atoms with Gasteiger partial charge in [-0.2, -0.15) is 5.26 Å². The molecule has 0 radical (unpaired) electrons. The van der Waals surface area contributed by atoms with Gasteiger partial charge in [0.25, 0.3) is 0 Å². The minimum atomic E-state index is -1.38. The fraction of sp³-hybridized carbons (Fsp3) is 0.551. The first-order chi connectivity index (χ1) is 31.2. The number of methoxy groups -OCH3 is 2. The van der Waals surface area contributed by atoms with E-state index in [1.165, 1.54) is 7.11 Å². The molecule has 0 saturated carbocycles. The summed E-state index contributed by atoms with van der Waals surface area (Å²) in [5.74, 6) is 2.00. The van der Waals surface area contributed by atoms with Gasteiger partial charge in [-0.1, -0.05) is 6.07 Å². The van der Waals surface area contributed by atoms with Gasteiger partial charge in [0.05, 0.1) is 32.4 Å². The van der Waals surface area contributed by atoms with Crippen molar-refractivity contribution in [2.45, 2.75) is 127 Å². The van der Waals surface area contributed by atoms with Crippen molar-refractivity contribution in [3.05, 3.63) is 68.3 Å². The maximum atomic E-state index is 15.1. The second-order valence-corrected chi connectivity index (χ2v) is 21.0. The standard InChI is InChI=1S/C49H58N4O12S/c1-23-15-27-16-29-30(19-50)53-31-20-59-44(54)49(28-18-32(57-11)33(17-26(28)13-14-51-49)62-45(55)64-47(4,5)6)21-66-43(34-24(2)25(3)40-41(36(31)34)61-22-60-40)38(53)37(52(29)10)35(27)42(39(23)58-12)63-46(56)65-48(7,8)9/h15,17-18,29-31,37-38,43,51H,13-14,16,20-22H2,1-12H3/t29-,30-,31-,37+,38?,43+,49+/m0/s1. The topological polar surface area (TPSA) is 177 Å². The van der Waals surface area contributed by atoms with Crippen LogP contribution in [0.5, 0.6) is 34.5 Å². The van der Waals surface area contributed by atoms with Crippen molar-refractivity contribution in [3.63, 3.8) is 0 Å². The summed E-state index contributed by atoms with van der Waals surface area (Å²) in [7, 11) is 5.06. The molecule has 352 valence electrons. The Balaban J connectivity index is 1.24. The molecular weight excluding hydrogens is 869 g/mol. The lowest BCUT2D eigenvalue weighted by Crippen LogP contribution is -2.69. The highest BCUT2D eigenvalue weighted by Crippen LogP contribution is 2.63. The number of hydrogen-bond acceptors (Lipinski definition) is 17. The van der Waals surface area contributed by atoms with Gasteiger partial charge < -0.3 is 42.6 Å². The van der Waals surface area contributed by atoms with Crippen molar-refractivity contribution in [2.75, 3.05) is 47.0 Å². The first-order valence-electron chi connectivity index (χ1n) is 22.3. The van der Waals surface area contributed by atoms with Crippen molar-refractivity contribution in [2.24, 2.45) is 0 Å². The predicted octanol–water partition coefficient (Wildman–Crippen LogP) is 7.59. The van der Waals surface area contributed by atoms with Gasteiger partial charge in [-0.15, -0.1) is 11.8 Å². The Morgan fingerprint density at radius 2 is 1.56 bits per heavy atom. The number of nitrogens with zero attached hydrogens (tertiary/aromatic N) is 3. The molecule has 0 aliphatic carbocycles. The van der Waals surface area contributed by atoms with Crippen LogP contribution in [0.3, 0.4) is 0 Å². The minimum absolute atomic E-state index is 0.0264. The van der Waals surface area contributed by atoms with E-state index < -0.39 is 64.4 Å². The SMILES string of the molecule is COc1cc2c(cc1OC(=O)OC(C)(C)C)CCN[C@]21CS[C@@H]2c3c(C)c(C)c4c(c3[C@H](COC1=O)N1C2[C@H]2c3c(cc(C)c(OC)c3OC(=O)OC(C)(C)C)C[C@@H]([C@@H]1C#N)N2C)OCO4. The quantitative estimate of drug-likeness (QED) is 0.154. The molecule has 17 heteroatoms. The maximum absolute atomic E-state index is 15.1. The highest BCUT2D eigenvalue weighted by atomic mass is 32.2. The van der Waals surface area contributed by atoms with E-state index in [2.05, 4.69) is 34.2 Å². The third-order valence-electron chi connectivity index (χ3n) is 13.7. The molecule has 1 N–H and O–H groups in total.